The highest BCUT2D eigenvalue weighted by atomic mass is 79.9. The summed E-state index contributed by atoms with van der Waals surface area (Å²) in [5.41, 5.74) is 1.60. The molecule has 3 rings (SSSR count). The lowest BCUT2D eigenvalue weighted by molar-refractivity contribution is -0.139. The monoisotopic (exact) mass is 542 g/mol. The quantitative estimate of drug-likeness (QED) is 0.513. The van der Waals surface area contributed by atoms with Gasteiger partial charge in [0.2, 0.25) is 0 Å². The van der Waals surface area contributed by atoms with E-state index in [0.717, 1.165) is 10.0 Å². The van der Waals surface area contributed by atoms with Crippen LogP contribution in [0.5, 0.6) is 5.75 Å². The Morgan fingerprint density at radius 1 is 1.15 bits per heavy atom. The maximum Gasteiger partial charge on any atom is 0.265 e. The molecule has 2 aromatic rings. The fourth-order valence-corrected chi connectivity index (χ4v) is 4.82. The first-order valence-electron chi connectivity index (χ1n) is 10.7. The molecular formula is C23H28BrFN2O5S. The largest absolute Gasteiger partial charge is 0.483 e. The lowest BCUT2D eigenvalue weighted by Gasteiger charge is -2.44. The van der Waals surface area contributed by atoms with Gasteiger partial charge in [-0.2, -0.15) is 8.42 Å². The Hall–Kier alpha value is -2.01. The summed E-state index contributed by atoms with van der Waals surface area (Å²) in [5.74, 6) is -0.439. The number of amides is 1. The van der Waals surface area contributed by atoms with Crippen molar-refractivity contribution in [2.75, 3.05) is 25.4 Å². The van der Waals surface area contributed by atoms with E-state index in [0.29, 0.717) is 30.9 Å². The molecule has 7 nitrogen and oxygen atoms in total. The smallest absolute Gasteiger partial charge is 0.265 e. The first kappa shape index (κ1) is 25.6. The number of rotatable bonds is 8. The van der Waals surface area contributed by atoms with Gasteiger partial charge in [0.15, 0.2) is 6.61 Å². The molecule has 2 aromatic carbocycles. The predicted molar refractivity (Wildman–Crippen MR) is 127 cm³/mol. The first-order valence-corrected chi connectivity index (χ1v) is 13.1. The van der Waals surface area contributed by atoms with E-state index in [9.17, 15) is 17.6 Å². The number of carbonyl (C=O) groups is 1. The Morgan fingerprint density at radius 3 is 2.52 bits per heavy atom. The molecule has 1 fully saturated rings. The van der Waals surface area contributed by atoms with E-state index < -0.39 is 15.9 Å². The molecule has 1 heterocycles. The van der Waals surface area contributed by atoms with Crippen molar-refractivity contribution in [2.24, 2.45) is 0 Å². The second kappa shape index (κ2) is 10.9. The van der Waals surface area contributed by atoms with Crippen LogP contribution in [0.3, 0.4) is 0 Å². The van der Waals surface area contributed by atoms with Gasteiger partial charge in [-0.3, -0.25) is 14.2 Å². The molecule has 0 saturated carbocycles. The second-order valence-corrected chi connectivity index (χ2v) is 10.9. The van der Waals surface area contributed by atoms with E-state index >= 15 is 0 Å². The molecule has 180 valence electrons. The molecule has 0 unspecified atom stereocenters. The molecule has 1 aliphatic rings. The summed E-state index contributed by atoms with van der Waals surface area (Å²) in [4.78, 5) is 17.0. The number of carbonyl (C=O) groups excluding carboxylic acids is 1. The van der Waals surface area contributed by atoms with E-state index in [1.807, 2.05) is 6.92 Å². The van der Waals surface area contributed by atoms with Crippen LogP contribution in [0.4, 0.5) is 4.39 Å². The van der Waals surface area contributed by atoms with Crippen LogP contribution in [0.2, 0.25) is 0 Å². The molecule has 1 aliphatic heterocycles. The Morgan fingerprint density at radius 2 is 1.85 bits per heavy atom. The van der Waals surface area contributed by atoms with Gasteiger partial charge < -0.3 is 9.64 Å². The molecule has 0 radical (unpaired) electrons. The summed E-state index contributed by atoms with van der Waals surface area (Å²) in [6, 6.07) is 11.7. The number of ether oxygens (including phenoxy) is 1. The Balaban J connectivity index is 1.59. The molecule has 1 saturated heterocycles. The Labute approximate surface area is 202 Å². The summed E-state index contributed by atoms with van der Waals surface area (Å²) in [6.07, 6.45) is 0.0668. The van der Waals surface area contributed by atoms with E-state index in [4.69, 9.17) is 9.29 Å². The van der Waals surface area contributed by atoms with Crippen LogP contribution < -0.4 is 4.74 Å². The summed E-state index contributed by atoms with van der Waals surface area (Å²) < 4.78 is 50.9. The van der Waals surface area contributed by atoms with Gasteiger partial charge in [-0.25, -0.2) is 4.39 Å². The molecule has 0 bridgehead atoms. The third-order valence-electron chi connectivity index (χ3n) is 5.74. The van der Waals surface area contributed by atoms with Crippen LogP contribution in [0.25, 0.3) is 0 Å². The van der Waals surface area contributed by atoms with Crippen LogP contribution in [0.15, 0.2) is 46.9 Å². The fourth-order valence-electron chi connectivity index (χ4n) is 3.94. The Kier molecular flexibility index (Phi) is 8.49. The number of hydrogen-bond donors (Lipinski definition) is 1. The van der Waals surface area contributed by atoms with Crippen LogP contribution in [0, 0.1) is 5.82 Å². The highest BCUT2D eigenvalue weighted by Crippen LogP contribution is 2.25. The van der Waals surface area contributed by atoms with Gasteiger partial charge in [-0.1, -0.05) is 28.1 Å². The minimum absolute atomic E-state index is 0.0262. The van der Waals surface area contributed by atoms with Crippen molar-refractivity contribution in [2.45, 2.75) is 38.9 Å². The molecule has 0 aromatic heterocycles. The normalized spacial score (nSPS) is 19.5. The average molecular weight is 543 g/mol. The average Bonchev–Trinajstić information content (AvgIpc) is 2.74. The highest BCUT2D eigenvalue weighted by molar-refractivity contribution is 9.10. The number of hydrogen-bond acceptors (Lipinski definition) is 5. The van der Waals surface area contributed by atoms with Crippen LogP contribution in [-0.4, -0.2) is 66.2 Å². The van der Waals surface area contributed by atoms with Crippen molar-refractivity contribution in [3.8, 4) is 5.75 Å². The third-order valence-corrected chi connectivity index (χ3v) is 6.95. The molecule has 2 atom stereocenters. The van der Waals surface area contributed by atoms with E-state index in [1.165, 1.54) is 12.1 Å². The minimum Gasteiger partial charge on any atom is -0.483 e. The van der Waals surface area contributed by atoms with Crippen molar-refractivity contribution in [3.63, 3.8) is 0 Å². The number of benzene rings is 2. The van der Waals surface area contributed by atoms with Crippen LogP contribution >= 0.6 is 15.9 Å². The zero-order valence-electron chi connectivity index (χ0n) is 18.6. The second-order valence-electron chi connectivity index (χ2n) is 8.38. The lowest BCUT2D eigenvalue weighted by atomic mass is 10.1. The zero-order chi connectivity index (χ0) is 24.2. The van der Waals surface area contributed by atoms with Gasteiger partial charge in [0.1, 0.15) is 11.6 Å². The first-order chi connectivity index (χ1) is 15.5. The van der Waals surface area contributed by atoms with Crippen LogP contribution in [-0.2, 0) is 27.9 Å². The van der Waals surface area contributed by atoms with E-state index in [2.05, 4.69) is 27.8 Å². The van der Waals surface area contributed by atoms with Crippen molar-refractivity contribution >= 4 is 32.0 Å². The summed E-state index contributed by atoms with van der Waals surface area (Å²) in [7, 11) is -4.11. The van der Waals surface area contributed by atoms with E-state index in [-0.39, 0.29) is 36.8 Å². The van der Waals surface area contributed by atoms with Gasteiger partial charge in [0.25, 0.3) is 16.0 Å². The summed E-state index contributed by atoms with van der Waals surface area (Å²) in [6.45, 7) is 5.77. The molecule has 0 aliphatic carbocycles. The number of aryl methyl sites for hydroxylation is 1. The van der Waals surface area contributed by atoms with Crippen molar-refractivity contribution in [3.05, 3.63) is 63.9 Å². The summed E-state index contributed by atoms with van der Waals surface area (Å²) >= 11 is 3.34. The molecular weight excluding hydrogens is 515 g/mol. The minimum atomic E-state index is -4.11. The standard InChI is InChI=1S/C23H28BrFN2O5S/c1-16-13-27(17(2)12-26(16)14-18-3-6-21(25)7-4-18)23(28)15-32-22-8-5-20(24)11-19(22)9-10-33(29,30)31/h3-8,11,16-17H,9-10,12-15H2,1-2H3,(H,29,30,31)/t16-,17+/m0/s1. The van der Waals surface area contributed by atoms with Gasteiger partial charge in [-0.15, -0.1) is 0 Å². The number of nitrogens with zero attached hydrogens (tertiary/aromatic N) is 2. The van der Waals surface area contributed by atoms with Gasteiger partial charge >= 0.3 is 0 Å². The predicted octanol–water partition coefficient (Wildman–Crippen LogP) is 3.52. The van der Waals surface area contributed by atoms with Gasteiger partial charge in [0.05, 0.1) is 5.75 Å². The van der Waals surface area contributed by atoms with Crippen molar-refractivity contribution in [1.29, 1.82) is 0 Å². The van der Waals surface area contributed by atoms with Gasteiger partial charge in [-0.05, 0) is 61.7 Å². The maximum atomic E-state index is 13.2. The van der Waals surface area contributed by atoms with Gasteiger partial charge in [0, 0.05) is 36.2 Å². The van der Waals surface area contributed by atoms with E-state index in [1.54, 1.807) is 35.2 Å². The molecule has 1 amide bonds. The topological polar surface area (TPSA) is 87.2 Å². The van der Waals surface area contributed by atoms with Crippen molar-refractivity contribution < 1.29 is 26.9 Å². The molecule has 33 heavy (non-hydrogen) atoms. The maximum absolute atomic E-state index is 13.2. The number of halogens is 2. The number of piperazine rings is 1. The van der Waals surface area contributed by atoms with Crippen LogP contribution in [0.1, 0.15) is 25.0 Å². The molecule has 1 N–H and O–H groups in total. The highest BCUT2D eigenvalue weighted by Gasteiger charge is 2.32. The summed E-state index contributed by atoms with van der Waals surface area (Å²) in [5, 5.41) is 0. The third kappa shape index (κ3) is 7.49. The Bertz CT molecular complexity index is 1080. The molecule has 10 heteroatoms. The zero-order valence-corrected chi connectivity index (χ0v) is 21.0. The SMILES string of the molecule is C[C@@H]1CN(Cc2ccc(F)cc2)[C@@H](C)CN1C(=O)COc1ccc(Br)cc1CCS(=O)(=O)O. The molecule has 0 spiro atoms. The lowest BCUT2D eigenvalue weighted by Crippen LogP contribution is -2.58. The fraction of sp³-hybridized carbons (Fsp3) is 0.435. The van der Waals surface area contributed by atoms with Crippen molar-refractivity contribution in [1.82, 2.24) is 9.80 Å².